The number of ether oxygens (including phenoxy) is 1. The van der Waals surface area contributed by atoms with Crippen molar-refractivity contribution in [2.45, 2.75) is 20.5 Å². The first-order valence-electron chi connectivity index (χ1n) is 6.77. The maximum absolute atomic E-state index is 13.0. The molecule has 0 amide bonds. The Morgan fingerprint density at radius 2 is 1.90 bits per heavy atom. The Kier molecular flexibility index (Phi) is 4.97. The topological polar surface area (TPSA) is 35.2 Å². The first kappa shape index (κ1) is 15.1. The van der Waals surface area contributed by atoms with Crippen molar-refractivity contribution in [3.63, 3.8) is 0 Å². The van der Waals surface area contributed by atoms with E-state index >= 15 is 0 Å². The lowest BCUT2D eigenvalue weighted by molar-refractivity contribution is 0.305. The highest BCUT2D eigenvalue weighted by Gasteiger charge is 2.03. The first-order chi connectivity index (χ1) is 10.1. The van der Waals surface area contributed by atoms with Gasteiger partial charge in [0.25, 0.3) is 0 Å². The summed E-state index contributed by atoms with van der Waals surface area (Å²) in [5.41, 5.74) is 9.22. The molecule has 2 rings (SSSR count). The summed E-state index contributed by atoms with van der Waals surface area (Å²) in [4.78, 5) is 0. The minimum absolute atomic E-state index is 0.227. The average molecular weight is 283 g/mol. The molecule has 2 nitrogen and oxygen atoms in total. The van der Waals surface area contributed by atoms with Crippen LogP contribution in [0.3, 0.4) is 0 Å². The number of aryl methyl sites for hydroxylation is 2. The van der Waals surface area contributed by atoms with E-state index in [9.17, 15) is 4.39 Å². The third-order valence-electron chi connectivity index (χ3n) is 3.22. The summed E-state index contributed by atoms with van der Waals surface area (Å²) in [5.74, 6) is 6.40. The largest absolute Gasteiger partial charge is 0.489 e. The maximum Gasteiger partial charge on any atom is 0.123 e. The van der Waals surface area contributed by atoms with Gasteiger partial charge in [-0.05, 0) is 60.9 Å². The molecule has 2 aromatic carbocycles. The van der Waals surface area contributed by atoms with Gasteiger partial charge < -0.3 is 10.5 Å². The van der Waals surface area contributed by atoms with Crippen LogP contribution in [0.2, 0.25) is 0 Å². The van der Waals surface area contributed by atoms with Crippen molar-refractivity contribution in [1.82, 2.24) is 0 Å². The normalized spacial score (nSPS) is 9.90. The average Bonchev–Trinajstić information content (AvgIpc) is 2.45. The molecule has 0 atom stereocenters. The van der Waals surface area contributed by atoms with Gasteiger partial charge in [-0.1, -0.05) is 17.9 Å². The summed E-state index contributed by atoms with van der Waals surface area (Å²) in [6, 6.07) is 10.5. The van der Waals surface area contributed by atoms with Gasteiger partial charge in [-0.3, -0.25) is 0 Å². The Labute approximate surface area is 124 Å². The first-order valence-corrected chi connectivity index (χ1v) is 6.77. The molecule has 0 unspecified atom stereocenters. The second kappa shape index (κ2) is 6.92. The zero-order valence-corrected chi connectivity index (χ0v) is 12.2. The van der Waals surface area contributed by atoms with Crippen molar-refractivity contribution in [1.29, 1.82) is 0 Å². The van der Waals surface area contributed by atoms with Gasteiger partial charge >= 0.3 is 0 Å². The molecule has 2 aromatic rings. The van der Waals surface area contributed by atoms with Gasteiger partial charge in [0.05, 0.1) is 6.54 Å². The Balaban J connectivity index is 2.08. The van der Waals surface area contributed by atoms with Gasteiger partial charge in [0, 0.05) is 5.56 Å². The van der Waals surface area contributed by atoms with Crippen LogP contribution in [-0.4, -0.2) is 6.54 Å². The molecule has 0 aliphatic rings. The predicted octanol–water partition coefficient (Wildman–Crippen LogP) is 3.33. The molecule has 2 N–H and O–H groups in total. The summed E-state index contributed by atoms with van der Waals surface area (Å²) in [5, 5.41) is 0. The molecule has 0 aliphatic heterocycles. The van der Waals surface area contributed by atoms with E-state index in [-0.39, 0.29) is 5.82 Å². The molecule has 0 aromatic heterocycles. The molecule has 0 aliphatic carbocycles. The lowest BCUT2D eigenvalue weighted by Crippen LogP contribution is -1.99. The second-order valence-corrected chi connectivity index (χ2v) is 4.84. The van der Waals surface area contributed by atoms with Crippen LogP contribution in [0.5, 0.6) is 5.75 Å². The number of hydrogen-bond acceptors (Lipinski definition) is 2. The smallest absolute Gasteiger partial charge is 0.123 e. The molecule has 0 heterocycles. The van der Waals surface area contributed by atoms with Gasteiger partial charge in [0.1, 0.15) is 18.2 Å². The molecular weight excluding hydrogens is 265 g/mol. The van der Waals surface area contributed by atoms with Gasteiger partial charge in [0.2, 0.25) is 0 Å². The molecule has 0 fully saturated rings. The van der Waals surface area contributed by atoms with E-state index in [2.05, 4.69) is 11.8 Å². The van der Waals surface area contributed by atoms with Gasteiger partial charge in [-0.25, -0.2) is 4.39 Å². The zero-order chi connectivity index (χ0) is 15.2. The standard InChI is InChI=1S/C18H18FNO/c1-13-10-17(19)7-5-16(13)12-21-18-8-6-15(4-3-9-20)14(2)11-18/h5-8,10-11H,9,12,20H2,1-2H3. The Morgan fingerprint density at radius 3 is 2.57 bits per heavy atom. The summed E-state index contributed by atoms with van der Waals surface area (Å²) < 4.78 is 18.8. The molecule has 0 bridgehead atoms. The van der Waals surface area contributed by atoms with E-state index in [0.717, 1.165) is 28.0 Å². The van der Waals surface area contributed by atoms with Crippen LogP contribution in [0.25, 0.3) is 0 Å². The Morgan fingerprint density at radius 1 is 1.10 bits per heavy atom. The molecule has 3 heteroatoms. The van der Waals surface area contributed by atoms with E-state index in [4.69, 9.17) is 10.5 Å². The lowest BCUT2D eigenvalue weighted by atomic mass is 10.1. The van der Waals surface area contributed by atoms with Crippen molar-refractivity contribution < 1.29 is 9.13 Å². The molecule has 21 heavy (non-hydrogen) atoms. The highest BCUT2D eigenvalue weighted by Crippen LogP contribution is 2.19. The fraction of sp³-hybridized carbons (Fsp3) is 0.222. The fourth-order valence-corrected chi connectivity index (χ4v) is 1.99. The number of halogens is 1. The van der Waals surface area contributed by atoms with Gasteiger partial charge in [-0.15, -0.1) is 0 Å². The third-order valence-corrected chi connectivity index (χ3v) is 3.22. The van der Waals surface area contributed by atoms with Crippen molar-refractivity contribution in [2.75, 3.05) is 6.54 Å². The molecule has 0 spiro atoms. The zero-order valence-electron chi connectivity index (χ0n) is 12.2. The summed E-state index contributed by atoms with van der Waals surface area (Å²) in [7, 11) is 0. The molecule has 0 saturated heterocycles. The highest BCUT2D eigenvalue weighted by molar-refractivity contribution is 5.45. The minimum Gasteiger partial charge on any atom is -0.489 e. The van der Waals surface area contributed by atoms with E-state index in [1.54, 1.807) is 6.07 Å². The van der Waals surface area contributed by atoms with E-state index in [1.807, 2.05) is 32.0 Å². The van der Waals surface area contributed by atoms with Gasteiger partial charge in [0.15, 0.2) is 0 Å². The molecule has 108 valence electrons. The molecule has 0 saturated carbocycles. The highest BCUT2D eigenvalue weighted by atomic mass is 19.1. The number of nitrogens with two attached hydrogens (primary N) is 1. The third kappa shape index (κ3) is 4.08. The molecule has 0 radical (unpaired) electrons. The van der Waals surface area contributed by atoms with E-state index in [1.165, 1.54) is 12.1 Å². The molecular formula is C18H18FNO. The van der Waals surface area contributed by atoms with Crippen LogP contribution < -0.4 is 10.5 Å². The Hall–Kier alpha value is -2.31. The van der Waals surface area contributed by atoms with E-state index < -0.39 is 0 Å². The van der Waals surface area contributed by atoms with Crippen molar-refractivity contribution in [3.05, 3.63) is 64.5 Å². The van der Waals surface area contributed by atoms with Crippen LogP contribution in [0, 0.1) is 31.5 Å². The SMILES string of the molecule is Cc1cc(OCc2ccc(F)cc2C)ccc1C#CCN. The van der Waals surface area contributed by atoms with Crippen LogP contribution >= 0.6 is 0 Å². The predicted molar refractivity (Wildman–Crippen MR) is 82.6 cm³/mol. The van der Waals surface area contributed by atoms with Crippen LogP contribution in [0.4, 0.5) is 4.39 Å². The van der Waals surface area contributed by atoms with Crippen molar-refractivity contribution in [2.24, 2.45) is 5.73 Å². The van der Waals surface area contributed by atoms with E-state index in [0.29, 0.717) is 13.2 Å². The van der Waals surface area contributed by atoms with Crippen molar-refractivity contribution in [3.8, 4) is 17.6 Å². The summed E-state index contributed by atoms with van der Waals surface area (Å²) in [6.07, 6.45) is 0. The van der Waals surface area contributed by atoms with Crippen LogP contribution in [-0.2, 0) is 6.61 Å². The Bertz CT molecular complexity index is 698. The van der Waals surface area contributed by atoms with Crippen molar-refractivity contribution >= 4 is 0 Å². The maximum atomic E-state index is 13.0. The van der Waals surface area contributed by atoms with Crippen LogP contribution in [0.15, 0.2) is 36.4 Å². The second-order valence-electron chi connectivity index (χ2n) is 4.84. The number of rotatable bonds is 3. The number of benzene rings is 2. The fourth-order valence-electron chi connectivity index (χ4n) is 1.99. The van der Waals surface area contributed by atoms with Crippen LogP contribution in [0.1, 0.15) is 22.3 Å². The summed E-state index contributed by atoms with van der Waals surface area (Å²) in [6.45, 7) is 4.62. The summed E-state index contributed by atoms with van der Waals surface area (Å²) >= 11 is 0. The van der Waals surface area contributed by atoms with Gasteiger partial charge in [-0.2, -0.15) is 0 Å². The quantitative estimate of drug-likeness (QED) is 0.877. The minimum atomic E-state index is -0.227. The monoisotopic (exact) mass is 283 g/mol. The number of hydrogen-bond donors (Lipinski definition) is 1. The lowest BCUT2D eigenvalue weighted by Gasteiger charge is -2.10.